The monoisotopic (exact) mass is 785 g/mol. The van der Waals surface area contributed by atoms with Gasteiger partial charge < -0.3 is 19.8 Å². The maximum absolute atomic E-state index is 14.0. The Morgan fingerprint density at radius 1 is 1.00 bits per heavy atom. The van der Waals surface area contributed by atoms with E-state index in [1.165, 1.54) is 24.1 Å². The van der Waals surface area contributed by atoms with Crippen LogP contribution in [0.2, 0.25) is 0 Å². The molecule has 0 spiro atoms. The third-order valence-corrected chi connectivity index (χ3v) is 13.3. The molecule has 0 radical (unpaired) electrons. The van der Waals surface area contributed by atoms with Gasteiger partial charge in [0.2, 0.25) is 11.8 Å². The lowest BCUT2D eigenvalue weighted by Gasteiger charge is -2.43. The van der Waals surface area contributed by atoms with Crippen LogP contribution >= 0.6 is 39.0 Å². The van der Waals surface area contributed by atoms with Crippen LogP contribution in [-0.4, -0.2) is 41.7 Å². The Bertz CT molecular complexity index is 2100. The Balaban J connectivity index is 1.06. The summed E-state index contributed by atoms with van der Waals surface area (Å²) in [5.74, 6) is -1.78. The molecule has 1 saturated heterocycles. The van der Waals surface area contributed by atoms with E-state index in [-0.39, 0.29) is 57.0 Å². The number of H-pyrrole nitrogens is 1. The van der Waals surface area contributed by atoms with Gasteiger partial charge in [-0.1, -0.05) is 39.4 Å². The Kier molecular flexibility index (Phi) is 8.14. The first kappa shape index (κ1) is 33.1. The molecule has 7 atom stereocenters. The summed E-state index contributed by atoms with van der Waals surface area (Å²) in [6.45, 7) is -0.488. The van der Waals surface area contributed by atoms with Gasteiger partial charge in [-0.15, -0.1) is 11.8 Å². The van der Waals surface area contributed by atoms with Crippen molar-refractivity contribution in [2.75, 3.05) is 23.9 Å². The second kappa shape index (κ2) is 12.3. The minimum atomic E-state index is -4.55. The molecule has 0 unspecified atom stereocenters. The zero-order valence-corrected chi connectivity index (χ0v) is 29.3. The molecule has 3 aromatic carbocycles. The molecule has 2 bridgehead atoms. The SMILES string of the molecule is COc1cc([C@@H]2c3sc(=O)[nH]c3S[C@@H]3[C@@H]4C[C@@H]([C@@H]5C(=O)N(c6ccc(Br)cc6)C(=O)[C@@H]45)[C@H]23)ccc1OCC(=O)Nc1cccc(C(F)(F)F)c1. The summed E-state index contributed by atoms with van der Waals surface area (Å²) < 4.78 is 51.6. The third-order valence-electron chi connectivity index (χ3n) is 10.2. The molecule has 15 heteroatoms. The highest BCUT2D eigenvalue weighted by Gasteiger charge is 2.69. The van der Waals surface area contributed by atoms with Gasteiger partial charge in [0.05, 0.1) is 35.2 Å². The quantitative estimate of drug-likeness (QED) is 0.196. The van der Waals surface area contributed by atoms with Crippen molar-refractivity contribution in [3.05, 3.63) is 96.9 Å². The Morgan fingerprint density at radius 2 is 1.74 bits per heavy atom. The van der Waals surface area contributed by atoms with Gasteiger partial charge in [0.15, 0.2) is 18.1 Å². The van der Waals surface area contributed by atoms with E-state index in [0.717, 1.165) is 49.8 Å². The van der Waals surface area contributed by atoms with E-state index in [1.807, 2.05) is 18.2 Å². The number of ether oxygens (including phenoxy) is 2. The van der Waals surface area contributed by atoms with Crippen molar-refractivity contribution in [3.8, 4) is 11.5 Å². The second-order valence-electron chi connectivity index (χ2n) is 12.8. The molecule has 8 rings (SSSR count). The first-order valence-corrected chi connectivity index (χ1v) is 18.2. The number of amides is 3. The highest BCUT2D eigenvalue weighted by Crippen LogP contribution is 2.68. The number of halogens is 4. The number of hydrogen-bond acceptors (Lipinski definition) is 8. The highest BCUT2D eigenvalue weighted by atomic mass is 79.9. The third kappa shape index (κ3) is 5.44. The van der Waals surface area contributed by atoms with Gasteiger partial charge >= 0.3 is 11.0 Å². The minimum absolute atomic E-state index is 0.00733. The average molecular weight is 787 g/mol. The van der Waals surface area contributed by atoms with Crippen LogP contribution in [0.5, 0.6) is 11.5 Å². The molecular weight excluding hydrogens is 759 g/mol. The number of methoxy groups -OCH3 is 1. The Hall–Kier alpha value is -4.08. The van der Waals surface area contributed by atoms with Crippen LogP contribution in [0.3, 0.4) is 0 Å². The Labute approximate surface area is 299 Å². The topological polar surface area (TPSA) is 118 Å². The maximum atomic E-state index is 14.0. The van der Waals surface area contributed by atoms with Crippen LogP contribution in [0.15, 0.2) is 81.0 Å². The van der Waals surface area contributed by atoms with Crippen molar-refractivity contribution in [2.45, 2.75) is 28.8 Å². The van der Waals surface area contributed by atoms with Gasteiger partial charge in [-0.2, -0.15) is 13.2 Å². The van der Waals surface area contributed by atoms with Gasteiger partial charge in [-0.25, -0.2) is 0 Å². The highest BCUT2D eigenvalue weighted by molar-refractivity contribution is 9.10. The number of nitrogens with zero attached hydrogens (tertiary/aromatic N) is 1. The second-order valence-corrected chi connectivity index (χ2v) is 15.9. The van der Waals surface area contributed by atoms with E-state index in [2.05, 4.69) is 26.2 Å². The number of hydrogen-bond donors (Lipinski definition) is 2. The fourth-order valence-electron chi connectivity index (χ4n) is 8.35. The van der Waals surface area contributed by atoms with Gasteiger partial charge in [-0.05, 0) is 84.3 Å². The molecule has 258 valence electrons. The molecule has 1 aromatic heterocycles. The predicted octanol–water partition coefficient (Wildman–Crippen LogP) is 6.92. The summed E-state index contributed by atoms with van der Waals surface area (Å²) in [5.41, 5.74) is 0.484. The van der Waals surface area contributed by atoms with E-state index in [0.29, 0.717) is 11.4 Å². The Morgan fingerprint density at radius 3 is 2.46 bits per heavy atom. The first-order chi connectivity index (χ1) is 23.9. The lowest BCUT2D eigenvalue weighted by atomic mass is 9.68. The van der Waals surface area contributed by atoms with Crippen molar-refractivity contribution in [1.29, 1.82) is 0 Å². The molecule has 3 heterocycles. The van der Waals surface area contributed by atoms with Crippen LogP contribution in [0.1, 0.15) is 28.3 Å². The number of fused-ring (bicyclic) bond motifs is 9. The van der Waals surface area contributed by atoms with Crippen LogP contribution in [0.4, 0.5) is 24.5 Å². The molecule has 2 aliphatic heterocycles. The van der Waals surface area contributed by atoms with Crippen LogP contribution < -0.4 is 24.6 Å². The first-order valence-electron chi connectivity index (χ1n) is 15.7. The van der Waals surface area contributed by atoms with Crippen molar-refractivity contribution >= 4 is 68.1 Å². The lowest BCUT2D eigenvalue weighted by Crippen LogP contribution is -2.42. The fourth-order valence-corrected chi connectivity index (χ4v) is 11.5. The summed E-state index contributed by atoms with van der Waals surface area (Å²) in [7, 11) is 1.45. The van der Waals surface area contributed by atoms with Gasteiger partial charge in [-0.3, -0.25) is 24.1 Å². The smallest absolute Gasteiger partial charge is 0.416 e. The molecule has 50 heavy (non-hydrogen) atoms. The maximum Gasteiger partial charge on any atom is 0.416 e. The van der Waals surface area contributed by atoms with Crippen molar-refractivity contribution < 1.29 is 37.0 Å². The number of benzene rings is 3. The molecular formula is C35H27BrF3N3O6S2. The number of alkyl halides is 3. The summed E-state index contributed by atoms with van der Waals surface area (Å²) in [6.07, 6.45) is -3.82. The summed E-state index contributed by atoms with van der Waals surface area (Å²) in [5, 5.41) is 3.18. The number of nitrogens with one attached hydrogen (secondary N) is 2. The number of thiazole rings is 1. The molecule has 2 N–H and O–H groups in total. The normalized spacial score (nSPS) is 26.4. The number of thioether (sulfide) groups is 1. The molecule has 9 nitrogen and oxygen atoms in total. The van der Waals surface area contributed by atoms with E-state index in [9.17, 15) is 32.3 Å². The number of carbonyl (C=O) groups excluding carboxylic acids is 3. The molecule has 3 amide bonds. The van der Waals surface area contributed by atoms with E-state index in [4.69, 9.17) is 9.47 Å². The average Bonchev–Trinajstić information content (AvgIpc) is 3.82. The standard InChI is InChI=1S/C35H27BrF3N3O6S2/c1-47-23-11-15(5-10-22(23)48-14-24(43)40-18-4-2-3-16(12-18)35(37,38)39)25-26-20-13-21(29(26)49-31-30(25)50-34(46)41-31)28-27(20)32(44)42(33(28)45)19-8-6-17(36)7-9-19/h2-12,20-21,25-29H,13-14H2,1H3,(H,40,43)(H,41,46)/t20-,21-,25+,26-,27+,28+,29-/m1/s1. The molecule has 3 fully saturated rings. The van der Waals surface area contributed by atoms with Gasteiger partial charge in [0.25, 0.3) is 5.91 Å². The summed E-state index contributed by atoms with van der Waals surface area (Å²) in [4.78, 5) is 58.2. The van der Waals surface area contributed by atoms with Gasteiger partial charge in [0.1, 0.15) is 0 Å². The summed E-state index contributed by atoms with van der Waals surface area (Å²) in [6, 6.07) is 16.8. The fraction of sp³-hybridized carbons (Fsp3) is 0.314. The van der Waals surface area contributed by atoms with E-state index in [1.54, 1.807) is 36.0 Å². The van der Waals surface area contributed by atoms with Crippen molar-refractivity contribution in [2.24, 2.45) is 29.6 Å². The number of carbonyl (C=O) groups is 3. The predicted molar refractivity (Wildman–Crippen MR) is 184 cm³/mol. The van der Waals surface area contributed by atoms with Crippen molar-refractivity contribution in [3.63, 3.8) is 0 Å². The number of imide groups is 1. The van der Waals surface area contributed by atoms with Crippen LogP contribution in [0.25, 0.3) is 0 Å². The van der Waals surface area contributed by atoms with E-state index >= 15 is 0 Å². The molecule has 4 aliphatic rings. The zero-order chi connectivity index (χ0) is 35.1. The number of rotatable bonds is 7. The van der Waals surface area contributed by atoms with Crippen LogP contribution in [-0.2, 0) is 20.6 Å². The van der Waals surface area contributed by atoms with Crippen molar-refractivity contribution in [1.82, 2.24) is 4.98 Å². The molecule has 2 saturated carbocycles. The zero-order valence-electron chi connectivity index (χ0n) is 26.0. The number of anilines is 2. The molecule has 2 aliphatic carbocycles. The number of aromatic amines is 1. The minimum Gasteiger partial charge on any atom is -0.493 e. The van der Waals surface area contributed by atoms with Crippen LogP contribution in [0, 0.1) is 29.6 Å². The molecule has 4 aromatic rings. The van der Waals surface area contributed by atoms with E-state index < -0.39 is 36.1 Å². The number of aromatic nitrogens is 1. The lowest BCUT2D eigenvalue weighted by molar-refractivity contribution is -0.137. The largest absolute Gasteiger partial charge is 0.493 e. The van der Waals surface area contributed by atoms with Gasteiger partial charge in [0, 0.05) is 26.2 Å². The summed E-state index contributed by atoms with van der Waals surface area (Å²) >= 11 is 6.14.